The smallest absolute Gasteiger partial charge is 0.337 e. The number of aryl methyl sites for hydroxylation is 2. The number of nitrogens with one attached hydrogen (secondary N) is 1. The summed E-state index contributed by atoms with van der Waals surface area (Å²) in [5, 5.41) is 10.1. The van der Waals surface area contributed by atoms with E-state index in [1.807, 2.05) is 30.3 Å². The number of nitrogens with zero attached hydrogens (tertiary/aromatic N) is 2. The zero-order valence-electron chi connectivity index (χ0n) is 19.4. The third kappa shape index (κ3) is 5.04. The topological polar surface area (TPSA) is 66.8 Å². The van der Waals surface area contributed by atoms with E-state index in [0.29, 0.717) is 11.3 Å². The summed E-state index contributed by atoms with van der Waals surface area (Å²) in [4.78, 5) is 15.2. The number of H-pyrrole nitrogens is 1. The summed E-state index contributed by atoms with van der Waals surface area (Å²) in [6.07, 6.45) is 2.01. The Bertz CT molecular complexity index is 1470. The van der Waals surface area contributed by atoms with Gasteiger partial charge in [0.15, 0.2) is 0 Å². The van der Waals surface area contributed by atoms with Crippen LogP contribution in [0.4, 0.5) is 11.4 Å². The van der Waals surface area contributed by atoms with Gasteiger partial charge in [0.2, 0.25) is 0 Å². The first-order chi connectivity index (χ1) is 17.2. The summed E-state index contributed by atoms with van der Waals surface area (Å²) in [5.74, 6) is -0.375. The van der Waals surface area contributed by atoms with Crippen molar-refractivity contribution in [3.8, 4) is 11.3 Å². The average molecular weight is 460 g/mol. The molecular weight excluding hydrogens is 434 g/mol. The first-order valence-electron chi connectivity index (χ1n) is 11.6. The molecule has 0 saturated heterocycles. The first kappa shape index (κ1) is 22.3. The molecular formula is C30H25N3O2. The predicted molar refractivity (Wildman–Crippen MR) is 140 cm³/mol. The van der Waals surface area contributed by atoms with Gasteiger partial charge in [-0.05, 0) is 54.3 Å². The maximum Gasteiger partial charge on any atom is 0.337 e. The van der Waals surface area contributed by atoms with Crippen LogP contribution in [0, 0.1) is 0 Å². The van der Waals surface area contributed by atoms with Crippen molar-refractivity contribution in [2.75, 3.05) is 7.11 Å². The standard InChI is InChI=1S/C30H25N3O2/c1-35-30(34)24-17-19-25(20-18-24)32-33-29-26-9-5-6-10-27(26)31-28(29)23-15-13-22(14-16-23)12-11-21-7-3-2-4-8-21/h2-10,13-20,31H,11-12H2,1H3. The van der Waals surface area contributed by atoms with Crippen molar-refractivity contribution in [3.63, 3.8) is 0 Å². The zero-order chi connectivity index (χ0) is 24.0. The van der Waals surface area contributed by atoms with E-state index < -0.39 is 0 Å². The summed E-state index contributed by atoms with van der Waals surface area (Å²) < 4.78 is 4.76. The highest BCUT2D eigenvalue weighted by molar-refractivity contribution is 5.99. The van der Waals surface area contributed by atoms with E-state index in [2.05, 4.69) is 63.7 Å². The van der Waals surface area contributed by atoms with Crippen LogP contribution in [0.5, 0.6) is 0 Å². The van der Waals surface area contributed by atoms with Gasteiger partial charge in [0.25, 0.3) is 0 Å². The Morgan fingerprint density at radius 3 is 2.11 bits per heavy atom. The van der Waals surface area contributed by atoms with Gasteiger partial charge in [0.1, 0.15) is 5.69 Å². The van der Waals surface area contributed by atoms with Crippen LogP contribution in [0.25, 0.3) is 22.2 Å². The second kappa shape index (κ2) is 10.2. The average Bonchev–Trinajstić information content (AvgIpc) is 3.30. The summed E-state index contributed by atoms with van der Waals surface area (Å²) in [5.41, 5.74) is 7.55. The molecule has 0 aliphatic carbocycles. The summed E-state index contributed by atoms with van der Waals surface area (Å²) in [6.45, 7) is 0. The van der Waals surface area contributed by atoms with E-state index in [9.17, 15) is 4.79 Å². The zero-order valence-corrected chi connectivity index (χ0v) is 19.4. The molecule has 1 heterocycles. The van der Waals surface area contributed by atoms with Crippen LogP contribution in [-0.2, 0) is 17.6 Å². The van der Waals surface area contributed by atoms with Gasteiger partial charge in [0, 0.05) is 16.5 Å². The Kier molecular flexibility index (Phi) is 6.48. The summed E-state index contributed by atoms with van der Waals surface area (Å²) in [7, 11) is 1.37. The van der Waals surface area contributed by atoms with Crippen LogP contribution in [0.2, 0.25) is 0 Å². The van der Waals surface area contributed by atoms with Crippen molar-refractivity contribution in [2.24, 2.45) is 10.2 Å². The van der Waals surface area contributed by atoms with Crippen LogP contribution in [0.15, 0.2) is 113 Å². The second-order valence-electron chi connectivity index (χ2n) is 8.32. The molecule has 0 aliphatic heterocycles. The molecule has 1 aromatic heterocycles. The van der Waals surface area contributed by atoms with E-state index in [1.165, 1.54) is 18.2 Å². The van der Waals surface area contributed by atoms with E-state index in [1.54, 1.807) is 24.3 Å². The van der Waals surface area contributed by atoms with Gasteiger partial charge >= 0.3 is 5.97 Å². The molecule has 4 aromatic carbocycles. The van der Waals surface area contributed by atoms with Crippen molar-refractivity contribution in [1.29, 1.82) is 0 Å². The van der Waals surface area contributed by atoms with Crippen LogP contribution in [0.3, 0.4) is 0 Å². The Balaban J connectivity index is 1.41. The fraction of sp³-hybridized carbons (Fsp3) is 0.100. The lowest BCUT2D eigenvalue weighted by molar-refractivity contribution is 0.0601. The van der Waals surface area contributed by atoms with Crippen LogP contribution in [-0.4, -0.2) is 18.1 Å². The molecule has 5 aromatic rings. The lowest BCUT2D eigenvalue weighted by Gasteiger charge is -2.05. The number of hydrogen-bond donors (Lipinski definition) is 1. The Labute approximate surface area is 204 Å². The molecule has 1 N–H and O–H groups in total. The third-order valence-electron chi connectivity index (χ3n) is 6.02. The van der Waals surface area contributed by atoms with Crippen LogP contribution >= 0.6 is 0 Å². The molecule has 0 fully saturated rings. The van der Waals surface area contributed by atoms with Gasteiger partial charge in [-0.1, -0.05) is 72.8 Å². The van der Waals surface area contributed by atoms with E-state index >= 15 is 0 Å². The SMILES string of the molecule is COC(=O)c1ccc(N=Nc2c(-c3ccc(CCc4ccccc4)cc3)[nH]c3ccccc23)cc1. The maximum atomic E-state index is 11.7. The minimum atomic E-state index is -0.375. The largest absolute Gasteiger partial charge is 0.465 e. The normalized spacial score (nSPS) is 11.2. The number of aromatic amines is 1. The highest BCUT2D eigenvalue weighted by Gasteiger charge is 2.13. The number of hydrogen-bond acceptors (Lipinski definition) is 4. The Morgan fingerprint density at radius 1 is 0.743 bits per heavy atom. The van der Waals surface area contributed by atoms with Crippen molar-refractivity contribution in [2.45, 2.75) is 12.8 Å². The minimum Gasteiger partial charge on any atom is -0.465 e. The molecule has 5 nitrogen and oxygen atoms in total. The van der Waals surface area contributed by atoms with E-state index in [-0.39, 0.29) is 5.97 Å². The fourth-order valence-electron chi connectivity index (χ4n) is 4.10. The summed E-state index contributed by atoms with van der Waals surface area (Å²) >= 11 is 0. The van der Waals surface area contributed by atoms with Gasteiger partial charge in [-0.25, -0.2) is 4.79 Å². The van der Waals surface area contributed by atoms with Gasteiger partial charge in [-0.3, -0.25) is 0 Å². The van der Waals surface area contributed by atoms with Gasteiger partial charge < -0.3 is 9.72 Å². The lowest BCUT2D eigenvalue weighted by atomic mass is 10.0. The molecule has 0 amide bonds. The number of rotatable bonds is 7. The Hall–Kier alpha value is -4.51. The number of fused-ring (bicyclic) bond motifs is 1. The first-order valence-corrected chi connectivity index (χ1v) is 11.6. The number of esters is 1. The van der Waals surface area contributed by atoms with Crippen molar-refractivity contribution in [3.05, 3.63) is 120 Å². The van der Waals surface area contributed by atoms with E-state index in [4.69, 9.17) is 4.74 Å². The highest BCUT2D eigenvalue weighted by atomic mass is 16.5. The van der Waals surface area contributed by atoms with Crippen LogP contribution < -0.4 is 0 Å². The monoisotopic (exact) mass is 459 g/mol. The van der Waals surface area contributed by atoms with Crippen molar-refractivity contribution in [1.82, 2.24) is 4.98 Å². The van der Waals surface area contributed by atoms with Gasteiger partial charge in [-0.2, -0.15) is 5.11 Å². The number of ether oxygens (including phenoxy) is 1. The fourth-order valence-corrected chi connectivity index (χ4v) is 4.10. The van der Waals surface area contributed by atoms with Crippen molar-refractivity contribution >= 4 is 28.2 Å². The molecule has 5 heteroatoms. The number of carbonyl (C=O) groups excluding carboxylic acids is 1. The minimum absolute atomic E-state index is 0.375. The van der Waals surface area contributed by atoms with E-state index in [0.717, 1.165) is 40.7 Å². The molecule has 0 bridgehead atoms. The number of methoxy groups -OCH3 is 1. The van der Waals surface area contributed by atoms with Crippen LogP contribution in [0.1, 0.15) is 21.5 Å². The lowest BCUT2D eigenvalue weighted by Crippen LogP contribution is -1.99. The second-order valence-corrected chi connectivity index (χ2v) is 8.32. The molecule has 0 spiro atoms. The predicted octanol–water partition coefficient (Wildman–Crippen LogP) is 7.82. The van der Waals surface area contributed by atoms with Crippen molar-refractivity contribution < 1.29 is 9.53 Å². The molecule has 172 valence electrons. The molecule has 5 rings (SSSR count). The van der Waals surface area contributed by atoms with Gasteiger partial charge in [-0.15, -0.1) is 5.11 Å². The summed E-state index contributed by atoms with van der Waals surface area (Å²) in [6, 6.07) is 34.1. The van der Waals surface area contributed by atoms with Gasteiger partial charge in [0.05, 0.1) is 24.1 Å². The quantitative estimate of drug-likeness (QED) is 0.199. The molecule has 0 saturated carbocycles. The molecule has 0 radical (unpaired) electrons. The third-order valence-corrected chi connectivity index (χ3v) is 6.02. The number of carbonyl (C=O) groups is 1. The Morgan fingerprint density at radius 2 is 1.40 bits per heavy atom. The number of aromatic nitrogens is 1. The number of azo groups is 1. The molecule has 35 heavy (non-hydrogen) atoms. The molecule has 0 aliphatic rings. The molecule has 0 unspecified atom stereocenters. The number of benzene rings is 4. The molecule has 0 atom stereocenters. The highest BCUT2D eigenvalue weighted by Crippen LogP contribution is 2.38. The number of para-hydroxylation sites is 1. The maximum absolute atomic E-state index is 11.7.